The third kappa shape index (κ3) is 3.67. The van der Waals surface area contributed by atoms with E-state index in [4.69, 9.17) is 11.6 Å². The SMILES string of the molecule is Clc1nc(NCC2CCSC2)nc(N2CCCCC2)n1. The molecule has 0 aliphatic carbocycles. The lowest BCUT2D eigenvalue weighted by Crippen LogP contribution is -2.31. The van der Waals surface area contributed by atoms with Gasteiger partial charge in [-0.1, -0.05) is 0 Å². The quantitative estimate of drug-likeness (QED) is 0.922. The lowest BCUT2D eigenvalue weighted by atomic mass is 10.1. The van der Waals surface area contributed by atoms with Gasteiger partial charge in [-0.25, -0.2) is 0 Å². The number of aromatic nitrogens is 3. The van der Waals surface area contributed by atoms with E-state index < -0.39 is 0 Å². The molecule has 1 aromatic heterocycles. The van der Waals surface area contributed by atoms with Crippen LogP contribution in [0.2, 0.25) is 5.28 Å². The van der Waals surface area contributed by atoms with E-state index >= 15 is 0 Å². The van der Waals surface area contributed by atoms with Crippen molar-refractivity contribution >= 4 is 35.3 Å². The smallest absolute Gasteiger partial charge is 0.231 e. The number of piperidine rings is 1. The number of halogens is 1. The van der Waals surface area contributed by atoms with Crippen LogP contribution in [0.5, 0.6) is 0 Å². The van der Waals surface area contributed by atoms with Gasteiger partial charge in [-0.15, -0.1) is 0 Å². The van der Waals surface area contributed by atoms with Gasteiger partial charge >= 0.3 is 0 Å². The first kappa shape index (κ1) is 14.2. The molecule has 3 rings (SSSR count). The Morgan fingerprint density at radius 2 is 2.05 bits per heavy atom. The van der Waals surface area contributed by atoms with Crippen LogP contribution < -0.4 is 10.2 Å². The summed E-state index contributed by atoms with van der Waals surface area (Å²) in [5, 5.41) is 3.60. The van der Waals surface area contributed by atoms with Gasteiger partial charge in [-0.2, -0.15) is 26.7 Å². The molecule has 1 aromatic rings. The molecule has 7 heteroatoms. The van der Waals surface area contributed by atoms with E-state index in [0.717, 1.165) is 19.6 Å². The Morgan fingerprint density at radius 1 is 1.20 bits per heavy atom. The summed E-state index contributed by atoms with van der Waals surface area (Å²) >= 11 is 8.05. The van der Waals surface area contributed by atoms with E-state index in [1.54, 1.807) is 0 Å². The Labute approximate surface area is 128 Å². The Kier molecular flexibility index (Phi) is 4.83. The first-order chi connectivity index (χ1) is 9.81. The minimum absolute atomic E-state index is 0.281. The summed E-state index contributed by atoms with van der Waals surface area (Å²) < 4.78 is 0. The molecule has 0 bridgehead atoms. The summed E-state index contributed by atoms with van der Waals surface area (Å²) in [7, 11) is 0. The number of rotatable bonds is 4. The molecule has 110 valence electrons. The maximum Gasteiger partial charge on any atom is 0.231 e. The van der Waals surface area contributed by atoms with Gasteiger partial charge in [0.25, 0.3) is 0 Å². The fraction of sp³-hybridized carbons (Fsp3) is 0.769. The minimum atomic E-state index is 0.281. The molecule has 3 heterocycles. The Balaban J connectivity index is 1.65. The van der Waals surface area contributed by atoms with Crippen LogP contribution in [-0.4, -0.2) is 46.1 Å². The molecule has 1 unspecified atom stereocenters. The van der Waals surface area contributed by atoms with E-state index in [1.165, 1.54) is 37.2 Å². The van der Waals surface area contributed by atoms with Crippen molar-refractivity contribution < 1.29 is 0 Å². The zero-order valence-electron chi connectivity index (χ0n) is 11.5. The Bertz CT molecular complexity index is 446. The van der Waals surface area contributed by atoms with Crippen molar-refractivity contribution in [1.82, 2.24) is 15.0 Å². The molecule has 0 aromatic carbocycles. The van der Waals surface area contributed by atoms with E-state index in [-0.39, 0.29) is 5.28 Å². The normalized spacial score (nSPS) is 23.1. The molecule has 5 nitrogen and oxygen atoms in total. The predicted octanol–water partition coefficient (Wildman–Crippen LogP) is 2.68. The molecule has 2 aliphatic rings. The number of nitrogens with one attached hydrogen (secondary N) is 1. The Hall–Kier alpha value is -0.750. The van der Waals surface area contributed by atoms with Gasteiger partial charge < -0.3 is 10.2 Å². The first-order valence-electron chi connectivity index (χ1n) is 7.29. The molecule has 0 spiro atoms. The Morgan fingerprint density at radius 3 is 2.80 bits per heavy atom. The van der Waals surface area contributed by atoms with Crippen LogP contribution >= 0.6 is 23.4 Å². The van der Waals surface area contributed by atoms with Crippen molar-refractivity contribution in [3.8, 4) is 0 Å². The maximum atomic E-state index is 6.03. The zero-order chi connectivity index (χ0) is 13.8. The van der Waals surface area contributed by atoms with Crippen LogP contribution in [0.25, 0.3) is 0 Å². The van der Waals surface area contributed by atoms with Crippen molar-refractivity contribution in [1.29, 1.82) is 0 Å². The molecule has 0 amide bonds. The highest BCUT2D eigenvalue weighted by atomic mass is 35.5. The fourth-order valence-electron chi connectivity index (χ4n) is 2.63. The van der Waals surface area contributed by atoms with Crippen LogP contribution in [0.4, 0.5) is 11.9 Å². The number of hydrogen-bond acceptors (Lipinski definition) is 6. The van der Waals surface area contributed by atoms with Crippen molar-refractivity contribution in [3.63, 3.8) is 0 Å². The largest absolute Gasteiger partial charge is 0.354 e. The average Bonchev–Trinajstić information content (AvgIpc) is 2.99. The van der Waals surface area contributed by atoms with Gasteiger partial charge in [-0.3, -0.25) is 0 Å². The predicted molar refractivity (Wildman–Crippen MR) is 84.8 cm³/mol. The third-order valence-corrected chi connectivity index (χ3v) is 5.21. The number of anilines is 2. The van der Waals surface area contributed by atoms with Crippen LogP contribution in [0.3, 0.4) is 0 Å². The van der Waals surface area contributed by atoms with Gasteiger partial charge in [0.2, 0.25) is 17.2 Å². The van der Waals surface area contributed by atoms with Crippen molar-refractivity contribution in [2.75, 3.05) is 41.4 Å². The summed E-state index contributed by atoms with van der Waals surface area (Å²) in [5.41, 5.74) is 0. The van der Waals surface area contributed by atoms with Crippen molar-refractivity contribution in [3.05, 3.63) is 5.28 Å². The molecule has 2 saturated heterocycles. The second-order valence-electron chi connectivity index (χ2n) is 5.39. The van der Waals surface area contributed by atoms with Gasteiger partial charge in [0.15, 0.2) is 0 Å². The van der Waals surface area contributed by atoms with Crippen molar-refractivity contribution in [2.24, 2.45) is 5.92 Å². The molecule has 20 heavy (non-hydrogen) atoms. The highest BCUT2D eigenvalue weighted by Gasteiger charge is 2.18. The summed E-state index contributed by atoms with van der Waals surface area (Å²) in [6.07, 6.45) is 4.96. The molecule has 2 aliphatic heterocycles. The maximum absolute atomic E-state index is 6.03. The summed E-state index contributed by atoms with van der Waals surface area (Å²) in [6.45, 7) is 2.95. The first-order valence-corrected chi connectivity index (χ1v) is 8.82. The van der Waals surface area contributed by atoms with Crippen molar-refractivity contribution in [2.45, 2.75) is 25.7 Å². The fourth-order valence-corrected chi connectivity index (χ4v) is 4.07. The lowest BCUT2D eigenvalue weighted by molar-refractivity contribution is 0.567. The minimum Gasteiger partial charge on any atom is -0.354 e. The molecular formula is C13H20ClN5S. The topological polar surface area (TPSA) is 53.9 Å². The molecule has 0 saturated carbocycles. The molecule has 1 N–H and O–H groups in total. The highest BCUT2D eigenvalue weighted by Crippen LogP contribution is 2.24. The van der Waals surface area contributed by atoms with Crippen LogP contribution in [0.1, 0.15) is 25.7 Å². The van der Waals surface area contributed by atoms with E-state index in [0.29, 0.717) is 17.8 Å². The number of thioether (sulfide) groups is 1. The third-order valence-electron chi connectivity index (χ3n) is 3.81. The van der Waals surface area contributed by atoms with Gasteiger partial charge in [0, 0.05) is 19.6 Å². The highest BCUT2D eigenvalue weighted by molar-refractivity contribution is 7.99. The van der Waals surface area contributed by atoms with Gasteiger partial charge in [-0.05, 0) is 54.7 Å². The standard InChI is InChI=1S/C13H20ClN5S/c14-11-16-12(15-8-10-4-7-20-9-10)18-13(17-11)19-5-2-1-3-6-19/h10H,1-9H2,(H,15,16,17,18). The summed E-state index contributed by atoms with van der Waals surface area (Å²) in [5.74, 6) is 4.54. The molecule has 1 atom stereocenters. The second kappa shape index (κ2) is 6.80. The number of nitrogens with zero attached hydrogens (tertiary/aromatic N) is 4. The van der Waals surface area contributed by atoms with Gasteiger partial charge in [0.05, 0.1) is 0 Å². The van der Waals surface area contributed by atoms with E-state index in [9.17, 15) is 0 Å². The van der Waals surface area contributed by atoms with E-state index in [1.807, 2.05) is 11.8 Å². The number of hydrogen-bond donors (Lipinski definition) is 1. The van der Waals surface area contributed by atoms with Gasteiger partial charge in [0.1, 0.15) is 0 Å². The zero-order valence-corrected chi connectivity index (χ0v) is 13.1. The summed E-state index contributed by atoms with van der Waals surface area (Å²) in [4.78, 5) is 15.2. The van der Waals surface area contributed by atoms with Crippen LogP contribution in [-0.2, 0) is 0 Å². The lowest BCUT2D eigenvalue weighted by Gasteiger charge is -2.26. The van der Waals surface area contributed by atoms with E-state index in [2.05, 4.69) is 25.2 Å². The molecule has 0 radical (unpaired) electrons. The molecular weight excluding hydrogens is 294 g/mol. The average molecular weight is 314 g/mol. The molecule has 2 fully saturated rings. The monoisotopic (exact) mass is 313 g/mol. The van der Waals surface area contributed by atoms with Crippen LogP contribution in [0, 0.1) is 5.92 Å². The van der Waals surface area contributed by atoms with Crippen LogP contribution in [0.15, 0.2) is 0 Å². The summed E-state index contributed by atoms with van der Waals surface area (Å²) in [6, 6.07) is 0. The second-order valence-corrected chi connectivity index (χ2v) is 6.87.